The minimum Gasteiger partial charge on any atom is -0.444 e. The Morgan fingerprint density at radius 1 is 0.938 bits per heavy atom. The summed E-state index contributed by atoms with van der Waals surface area (Å²) in [4.78, 5) is 32.3. The number of carbonyl (C=O) groups is 2. The van der Waals surface area contributed by atoms with Gasteiger partial charge in [-0.3, -0.25) is 4.79 Å². The van der Waals surface area contributed by atoms with Crippen molar-refractivity contribution in [2.75, 3.05) is 11.9 Å². The number of nitrogens with one attached hydrogen (secondary N) is 2. The highest BCUT2D eigenvalue weighted by Gasteiger charge is 2.15. The van der Waals surface area contributed by atoms with Crippen molar-refractivity contribution >= 4 is 17.7 Å². The third-order valence-corrected chi connectivity index (χ3v) is 4.14. The molecule has 8 nitrogen and oxygen atoms in total. The van der Waals surface area contributed by atoms with Crippen molar-refractivity contribution in [2.24, 2.45) is 0 Å². The topological polar surface area (TPSA) is 102 Å². The van der Waals surface area contributed by atoms with Gasteiger partial charge in [-0.1, -0.05) is 30.3 Å². The Balaban J connectivity index is 1.47. The van der Waals surface area contributed by atoms with Gasteiger partial charge in [-0.05, 0) is 57.0 Å². The highest BCUT2D eigenvalue weighted by molar-refractivity contribution is 6.03. The van der Waals surface area contributed by atoms with Crippen molar-refractivity contribution in [1.82, 2.24) is 15.3 Å². The summed E-state index contributed by atoms with van der Waals surface area (Å²) in [6.07, 6.45) is 3.03. The van der Waals surface area contributed by atoms with Crippen LogP contribution in [0.25, 0.3) is 0 Å². The smallest absolute Gasteiger partial charge is 0.407 e. The number of carbonyl (C=O) groups excluding carboxylic acids is 2. The lowest BCUT2D eigenvalue weighted by atomic mass is 10.1. The van der Waals surface area contributed by atoms with Gasteiger partial charge in [0.05, 0.1) is 5.56 Å². The molecule has 166 valence electrons. The predicted octanol–water partition coefficient (Wildman–Crippen LogP) is 4.59. The Morgan fingerprint density at radius 3 is 2.22 bits per heavy atom. The van der Waals surface area contributed by atoms with E-state index in [0.29, 0.717) is 30.0 Å². The highest BCUT2D eigenvalue weighted by atomic mass is 16.6. The summed E-state index contributed by atoms with van der Waals surface area (Å²) in [6, 6.07) is 16.7. The van der Waals surface area contributed by atoms with E-state index in [4.69, 9.17) is 9.47 Å². The fourth-order valence-electron chi connectivity index (χ4n) is 2.66. The van der Waals surface area contributed by atoms with Gasteiger partial charge in [-0.2, -0.15) is 0 Å². The van der Waals surface area contributed by atoms with Crippen LogP contribution in [-0.2, 0) is 11.2 Å². The maximum Gasteiger partial charge on any atom is 0.407 e. The Labute approximate surface area is 187 Å². The maximum atomic E-state index is 12.4. The monoisotopic (exact) mass is 434 g/mol. The molecule has 0 aliphatic heterocycles. The van der Waals surface area contributed by atoms with Gasteiger partial charge in [0.2, 0.25) is 0 Å². The molecule has 3 aromatic rings. The molecule has 0 radical (unpaired) electrons. The number of benzene rings is 2. The number of amides is 2. The van der Waals surface area contributed by atoms with Gasteiger partial charge >= 0.3 is 12.1 Å². The van der Waals surface area contributed by atoms with Crippen LogP contribution in [0, 0.1) is 0 Å². The van der Waals surface area contributed by atoms with Crippen LogP contribution in [0.15, 0.2) is 67.0 Å². The van der Waals surface area contributed by atoms with Crippen molar-refractivity contribution in [3.8, 4) is 11.8 Å². The van der Waals surface area contributed by atoms with Crippen LogP contribution >= 0.6 is 0 Å². The molecule has 2 N–H and O–H groups in total. The molecule has 0 fully saturated rings. The summed E-state index contributed by atoms with van der Waals surface area (Å²) in [5.41, 5.74) is 1.45. The van der Waals surface area contributed by atoms with E-state index in [1.165, 1.54) is 12.4 Å². The van der Waals surface area contributed by atoms with Crippen LogP contribution in [0.3, 0.4) is 0 Å². The Hall–Kier alpha value is -3.94. The van der Waals surface area contributed by atoms with Crippen LogP contribution < -0.4 is 15.4 Å². The standard InChI is InChI=1S/C24H26N4O4/c1-24(2,3)32-23(30)25-14-13-17-9-11-19(12-10-17)28-21(29)18-15-26-22(27-16-18)31-20-7-5-4-6-8-20/h4-12,15-16H,13-14H2,1-3H3,(H,25,30)(H,28,29). The van der Waals surface area contributed by atoms with Gasteiger partial charge in [0.15, 0.2) is 0 Å². The molecule has 0 unspecified atom stereocenters. The molecule has 0 spiro atoms. The zero-order chi connectivity index (χ0) is 23.0. The fraction of sp³-hybridized carbons (Fsp3) is 0.250. The second-order valence-electron chi connectivity index (χ2n) is 8.00. The third kappa shape index (κ3) is 7.39. The number of anilines is 1. The van der Waals surface area contributed by atoms with Gasteiger partial charge in [0.1, 0.15) is 11.4 Å². The van der Waals surface area contributed by atoms with Crippen molar-refractivity contribution in [3.05, 3.63) is 78.1 Å². The van der Waals surface area contributed by atoms with Gasteiger partial charge in [0, 0.05) is 24.6 Å². The van der Waals surface area contributed by atoms with Crippen LogP contribution in [0.5, 0.6) is 11.8 Å². The molecule has 0 atom stereocenters. The zero-order valence-corrected chi connectivity index (χ0v) is 18.3. The van der Waals surface area contributed by atoms with Crippen LogP contribution in [0.4, 0.5) is 10.5 Å². The second-order valence-corrected chi connectivity index (χ2v) is 8.00. The number of para-hydroxylation sites is 1. The Morgan fingerprint density at radius 2 is 1.59 bits per heavy atom. The summed E-state index contributed by atoms with van der Waals surface area (Å²) < 4.78 is 10.7. The molecule has 2 amide bonds. The molecule has 0 bridgehead atoms. The average Bonchev–Trinajstić information content (AvgIpc) is 2.75. The highest BCUT2D eigenvalue weighted by Crippen LogP contribution is 2.17. The third-order valence-electron chi connectivity index (χ3n) is 4.14. The zero-order valence-electron chi connectivity index (χ0n) is 18.3. The van der Waals surface area contributed by atoms with Gasteiger partial charge in [-0.15, -0.1) is 0 Å². The fourth-order valence-corrected chi connectivity index (χ4v) is 2.66. The Bertz CT molecular complexity index is 1030. The van der Waals surface area contributed by atoms with E-state index in [0.717, 1.165) is 5.56 Å². The first-order chi connectivity index (χ1) is 15.3. The summed E-state index contributed by atoms with van der Waals surface area (Å²) in [7, 11) is 0. The molecule has 0 aliphatic carbocycles. The number of hydrogen-bond donors (Lipinski definition) is 2. The number of alkyl carbamates (subject to hydrolysis) is 1. The SMILES string of the molecule is CC(C)(C)OC(=O)NCCc1ccc(NC(=O)c2cnc(Oc3ccccc3)nc2)cc1. The number of aromatic nitrogens is 2. The number of ether oxygens (including phenoxy) is 2. The molecule has 2 aromatic carbocycles. The minimum absolute atomic E-state index is 0.164. The molecule has 32 heavy (non-hydrogen) atoms. The first-order valence-corrected chi connectivity index (χ1v) is 10.2. The number of hydrogen-bond acceptors (Lipinski definition) is 6. The molecule has 0 aliphatic rings. The largest absolute Gasteiger partial charge is 0.444 e. The lowest BCUT2D eigenvalue weighted by Crippen LogP contribution is -2.33. The van der Waals surface area contributed by atoms with E-state index < -0.39 is 11.7 Å². The molecular formula is C24H26N4O4. The van der Waals surface area contributed by atoms with E-state index in [-0.39, 0.29) is 11.9 Å². The van der Waals surface area contributed by atoms with Crippen molar-refractivity contribution < 1.29 is 19.1 Å². The van der Waals surface area contributed by atoms with Gasteiger partial charge in [0.25, 0.3) is 5.91 Å². The van der Waals surface area contributed by atoms with Crippen molar-refractivity contribution in [1.29, 1.82) is 0 Å². The van der Waals surface area contributed by atoms with E-state index in [2.05, 4.69) is 20.6 Å². The second kappa shape index (κ2) is 10.4. The van der Waals surface area contributed by atoms with E-state index in [9.17, 15) is 9.59 Å². The van der Waals surface area contributed by atoms with Crippen LogP contribution in [-0.4, -0.2) is 34.1 Å². The Kier molecular flexibility index (Phi) is 7.38. The lowest BCUT2D eigenvalue weighted by molar-refractivity contribution is 0.0528. The van der Waals surface area contributed by atoms with E-state index in [1.807, 2.05) is 51.1 Å². The quantitative estimate of drug-likeness (QED) is 0.564. The van der Waals surface area contributed by atoms with E-state index in [1.54, 1.807) is 24.3 Å². The maximum absolute atomic E-state index is 12.4. The van der Waals surface area contributed by atoms with Crippen molar-refractivity contribution in [3.63, 3.8) is 0 Å². The van der Waals surface area contributed by atoms with Crippen LogP contribution in [0.1, 0.15) is 36.7 Å². The normalized spacial score (nSPS) is 10.8. The molecule has 1 aromatic heterocycles. The molecular weight excluding hydrogens is 408 g/mol. The summed E-state index contributed by atoms with van der Waals surface area (Å²) in [5, 5.41) is 5.53. The first-order valence-electron chi connectivity index (χ1n) is 10.2. The molecule has 0 saturated heterocycles. The van der Waals surface area contributed by atoms with Gasteiger partial charge in [-0.25, -0.2) is 14.8 Å². The van der Waals surface area contributed by atoms with Gasteiger partial charge < -0.3 is 20.1 Å². The lowest BCUT2D eigenvalue weighted by Gasteiger charge is -2.19. The predicted molar refractivity (Wildman–Crippen MR) is 121 cm³/mol. The van der Waals surface area contributed by atoms with Crippen LogP contribution in [0.2, 0.25) is 0 Å². The first kappa shape index (κ1) is 22.7. The summed E-state index contributed by atoms with van der Waals surface area (Å²) in [6.45, 7) is 5.91. The van der Waals surface area contributed by atoms with Crippen molar-refractivity contribution in [2.45, 2.75) is 32.8 Å². The van der Waals surface area contributed by atoms with E-state index >= 15 is 0 Å². The number of nitrogens with zero attached hydrogens (tertiary/aromatic N) is 2. The minimum atomic E-state index is -0.524. The molecule has 0 saturated carbocycles. The summed E-state index contributed by atoms with van der Waals surface area (Å²) in [5.74, 6) is 0.293. The number of rotatable bonds is 7. The summed E-state index contributed by atoms with van der Waals surface area (Å²) >= 11 is 0. The average molecular weight is 434 g/mol. The molecule has 1 heterocycles. The molecule has 8 heteroatoms. The molecule has 3 rings (SSSR count).